The molecule has 128 valence electrons. The van der Waals surface area contributed by atoms with Gasteiger partial charge in [0.1, 0.15) is 0 Å². The van der Waals surface area contributed by atoms with Gasteiger partial charge >= 0.3 is 5.97 Å². The maximum Gasteiger partial charge on any atom is 0.308 e. The highest BCUT2D eigenvalue weighted by molar-refractivity contribution is 5.86. The fraction of sp³-hybridized carbons (Fsp3) is 0.333. The fourth-order valence-electron chi connectivity index (χ4n) is 4.31. The summed E-state index contributed by atoms with van der Waals surface area (Å²) in [6, 6.07) is 17.8. The van der Waals surface area contributed by atoms with Crippen molar-refractivity contribution in [3.63, 3.8) is 0 Å². The molecule has 0 aromatic heterocycles. The van der Waals surface area contributed by atoms with E-state index >= 15 is 0 Å². The van der Waals surface area contributed by atoms with E-state index in [1.165, 1.54) is 5.56 Å². The molecule has 0 saturated carbocycles. The number of aryl methyl sites for hydroxylation is 1. The first-order valence-corrected chi connectivity index (χ1v) is 8.79. The minimum Gasteiger partial charge on any atom is -0.481 e. The largest absolute Gasteiger partial charge is 0.481 e. The lowest BCUT2D eigenvalue weighted by Crippen LogP contribution is -2.33. The van der Waals surface area contributed by atoms with Crippen LogP contribution in [0.3, 0.4) is 0 Å². The second kappa shape index (κ2) is 6.36. The Morgan fingerprint density at radius 3 is 2.44 bits per heavy atom. The zero-order chi connectivity index (χ0) is 17.4. The molecule has 2 aromatic carbocycles. The van der Waals surface area contributed by atoms with Gasteiger partial charge in [-0.1, -0.05) is 54.6 Å². The van der Waals surface area contributed by atoms with Crippen LogP contribution in [0.1, 0.15) is 34.9 Å². The predicted molar refractivity (Wildman–Crippen MR) is 94.4 cm³/mol. The van der Waals surface area contributed by atoms with E-state index in [1.807, 2.05) is 48.5 Å². The molecule has 0 radical (unpaired) electrons. The second-order valence-corrected chi connectivity index (χ2v) is 7.00. The molecule has 25 heavy (non-hydrogen) atoms. The summed E-state index contributed by atoms with van der Waals surface area (Å²) in [6.45, 7) is 0.783. The Bertz CT molecular complexity index is 802. The van der Waals surface area contributed by atoms with Crippen molar-refractivity contribution in [2.75, 3.05) is 13.1 Å². The minimum absolute atomic E-state index is 0.0784. The molecule has 2 aliphatic rings. The summed E-state index contributed by atoms with van der Waals surface area (Å²) >= 11 is 0. The van der Waals surface area contributed by atoms with Gasteiger partial charge in [-0.15, -0.1) is 0 Å². The van der Waals surface area contributed by atoms with E-state index in [0.717, 1.165) is 24.0 Å². The summed E-state index contributed by atoms with van der Waals surface area (Å²) in [6.07, 6.45) is 1.74. The summed E-state index contributed by atoms with van der Waals surface area (Å²) in [5.74, 6) is -1.55. The number of likely N-dealkylation sites (tertiary alicyclic amines) is 1. The van der Waals surface area contributed by atoms with Crippen molar-refractivity contribution < 1.29 is 14.7 Å². The molecule has 1 aliphatic heterocycles. The molecule has 1 amide bonds. The van der Waals surface area contributed by atoms with Crippen LogP contribution in [0.2, 0.25) is 0 Å². The van der Waals surface area contributed by atoms with Crippen LogP contribution in [0.5, 0.6) is 0 Å². The van der Waals surface area contributed by atoms with Gasteiger partial charge in [-0.2, -0.15) is 0 Å². The molecule has 2 aromatic rings. The van der Waals surface area contributed by atoms with Crippen molar-refractivity contribution >= 4 is 11.9 Å². The average molecular weight is 335 g/mol. The standard InChI is InChI=1S/C21H21NO3/c23-20(17-11-10-15-8-4-5-9-16(15)17)22-12-18(19(13-22)21(24)25)14-6-2-1-3-7-14/h1-9,17-19H,10-13H2,(H,24,25). The molecule has 3 atom stereocenters. The number of hydrogen-bond acceptors (Lipinski definition) is 2. The molecule has 4 nitrogen and oxygen atoms in total. The van der Waals surface area contributed by atoms with Crippen LogP contribution in [0, 0.1) is 5.92 Å². The van der Waals surface area contributed by atoms with Gasteiger partial charge in [-0.3, -0.25) is 9.59 Å². The number of carbonyl (C=O) groups excluding carboxylic acids is 1. The molecule has 3 unspecified atom stereocenters. The zero-order valence-corrected chi connectivity index (χ0v) is 14.0. The topological polar surface area (TPSA) is 57.6 Å². The quantitative estimate of drug-likeness (QED) is 0.938. The monoisotopic (exact) mass is 335 g/mol. The lowest BCUT2D eigenvalue weighted by atomic mass is 9.89. The molecule has 1 heterocycles. The molecule has 0 spiro atoms. The number of fused-ring (bicyclic) bond motifs is 1. The van der Waals surface area contributed by atoms with E-state index < -0.39 is 11.9 Å². The maximum atomic E-state index is 13.1. The van der Waals surface area contributed by atoms with Crippen molar-refractivity contribution in [1.82, 2.24) is 4.90 Å². The maximum absolute atomic E-state index is 13.1. The fourth-order valence-corrected chi connectivity index (χ4v) is 4.31. The molecular formula is C21H21NO3. The van der Waals surface area contributed by atoms with E-state index in [9.17, 15) is 14.7 Å². The SMILES string of the molecule is O=C(O)C1CN(C(=O)C2CCc3ccccc32)CC1c1ccccc1. The molecule has 1 fully saturated rings. The first-order chi connectivity index (χ1) is 12.1. The van der Waals surface area contributed by atoms with Gasteiger partial charge in [-0.25, -0.2) is 0 Å². The van der Waals surface area contributed by atoms with Gasteiger partial charge in [0.05, 0.1) is 11.8 Å². The van der Waals surface area contributed by atoms with Crippen molar-refractivity contribution in [2.45, 2.75) is 24.7 Å². The van der Waals surface area contributed by atoms with E-state index in [-0.39, 0.29) is 17.7 Å². The van der Waals surface area contributed by atoms with E-state index in [1.54, 1.807) is 4.90 Å². The number of rotatable bonds is 3. The van der Waals surface area contributed by atoms with Gasteiger partial charge < -0.3 is 10.0 Å². The third-order valence-electron chi connectivity index (χ3n) is 5.61. The summed E-state index contributed by atoms with van der Waals surface area (Å²) < 4.78 is 0. The van der Waals surface area contributed by atoms with Gasteiger partial charge in [-0.05, 0) is 29.5 Å². The van der Waals surface area contributed by atoms with E-state index in [2.05, 4.69) is 6.07 Å². The molecule has 1 N–H and O–H groups in total. The highest BCUT2D eigenvalue weighted by Gasteiger charge is 2.43. The lowest BCUT2D eigenvalue weighted by Gasteiger charge is -2.21. The Morgan fingerprint density at radius 2 is 1.68 bits per heavy atom. The number of hydrogen-bond donors (Lipinski definition) is 1. The third-order valence-corrected chi connectivity index (χ3v) is 5.61. The summed E-state index contributed by atoms with van der Waals surface area (Å²) in [5.41, 5.74) is 3.36. The number of carbonyl (C=O) groups is 2. The number of aliphatic carboxylic acids is 1. The average Bonchev–Trinajstić information content (AvgIpc) is 3.27. The van der Waals surface area contributed by atoms with Crippen LogP contribution >= 0.6 is 0 Å². The summed E-state index contributed by atoms with van der Waals surface area (Å²) in [4.78, 5) is 26.6. The minimum atomic E-state index is -0.823. The van der Waals surface area contributed by atoms with Crippen molar-refractivity contribution in [1.29, 1.82) is 0 Å². The van der Waals surface area contributed by atoms with Gasteiger partial charge in [0, 0.05) is 19.0 Å². The lowest BCUT2D eigenvalue weighted by molar-refractivity contribution is -0.142. The van der Waals surface area contributed by atoms with Gasteiger partial charge in [0.2, 0.25) is 5.91 Å². The zero-order valence-electron chi connectivity index (χ0n) is 14.0. The molecule has 0 bridgehead atoms. The molecule has 1 saturated heterocycles. The van der Waals surface area contributed by atoms with Crippen LogP contribution in [0.4, 0.5) is 0 Å². The molecular weight excluding hydrogens is 314 g/mol. The number of carboxylic acids is 1. The Hall–Kier alpha value is -2.62. The van der Waals surface area contributed by atoms with Crippen molar-refractivity contribution in [2.24, 2.45) is 5.92 Å². The third kappa shape index (κ3) is 2.82. The molecule has 4 rings (SSSR count). The highest BCUT2D eigenvalue weighted by atomic mass is 16.4. The van der Waals surface area contributed by atoms with Crippen LogP contribution in [0.25, 0.3) is 0 Å². The Morgan fingerprint density at radius 1 is 0.960 bits per heavy atom. The summed E-state index contributed by atoms with van der Waals surface area (Å²) in [7, 11) is 0. The van der Waals surface area contributed by atoms with E-state index in [4.69, 9.17) is 0 Å². The Balaban J connectivity index is 1.58. The number of carboxylic acid groups (broad SMARTS) is 1. The number of benzene rings is 2. The number of amides is 1. The normalized spacial score (nSPS) is 25.0. The first kappa shape index (κ1) is 15.9. The highest BCUT2D eigenvalue weighted by Crippen LogP contribution is 2.38. The van der Waals surface area contributed by atoms with Gasteiger partial charge in [0.25, 0.3) is 0 Å². The second-order valence-electron chi connectivity index (χ2n) is 7.00. The summed E-state index contributed by atoms with van der Waals surface area (Å²) in [5, 5.41) is 9.63. The van der Waals surface area contributed by atoms with Gasteiger partial charge in [0.15, 0.2) is 0 Å². The van der Waals surface area contributed by atoms with Crippen LogP contribution in [0.15, 0.2) is 54.6 Å². The predicted octanol–water partition coefficient (Wildman–Crippen LogP) is 3.04. The van der Waals surface area contributed by atoms with Crippen molar-refractivity contribution in [3.05, 3.63) is 71.3 Å². The van der Waals surface area contributed by atoms with Crippen LogP contribution in [-0.4, -0.2) is 35.0 Å². The van der Waals surface area contributed by atoms with Crippen LogP contribution < -0.4 is 0 Å². The number of nitrogens with zero attached hydrogens (tertiary/aromatic N) is 1. The van der Waals surface area contributed by atoms with Crippen molar-refractivity contribution in [3.8, 4) is 0 Å². The molecule has 1 aliphatic carbocycles. The molecule has 4 heteroatoms. The Labute approximate surface area is 147 Å². The smallest absolute Gasteiger partial charge is 0.308 e. The van der Waals surface area contributed by atoms with E-state index in [0.29, 0.717) is 13.1 Å². The van der Waals surface area contributed by atoms with Crippen LogP contribution in [-0.2, 0) is 16.0 Å². The first-order valence-electron chi connectivity index (χ1n) is 8.79. The Kier molecular flexibility index (Phi) is 4.04.